The number of rotatable bonds is 12. The zero-order valence-corrected chi connectivity index (χ0v) is 24.7. The fraction of sp³-hybridized carbons (Fsp3) is 0.714. The van der Waals surface area contributed by atoms with Crippen LogP contribution in [0.4, 0.5) is 5.82 Å². The molecule has 4 atom stereocenters. The average molecular weight is 588 g/mol. The van der Waals surface area contributed by atoms with Gasteiger partial charge in [0.25, 0.3) is 15.6 Å². The number of phosphoric ester groups is 1. The van der Waals surface area contributed by atoms with Crippen molar-refractivity contribution in [2.45, 2.75) is 53.9 Å². The van der Waals surface area contributed by atoms with Gasteiger partial charge in [-0.15, -0.1) is 0 Å². The summed E-state index contributed by atoms with van der Waals surface area (Å²) in [5, 5.41) is 9.83. The van der Waals surface area contributed by atoms with E-state index in [2.05, 4.69) is 55.4 Å². The predicted octanol–water partition coefficient (Wildman–Crippen LogP) is -2.58. The van der Waals surface area contributed by atoms with Crippen molar-refractivity contribution in [3.63, 3.8) is 0 Å². The maximum absolute atomic E-state index is 11.7. The Kier molecular flexibility index (Phi) is 17.1. The van der Waals surface area contributed by atoms with E-state index in [1.165, 1.54) is 51.5 Å². The van der Waals surface area contributed by atoms with Gasteiger partial charge in [0.2, 0.25) is 6.23 Å². The highest BCUT2D eigenvalue weighted by Gasteiger charge is 2.31. The molecule has 1 aliphatic heterocycles. The SMILES string of the molecule is CC[NH+](CC)CC.CC[NH+](CC)CC.Nc1ccn([C@@H]2OC(COP(=O)([O-])OP(=O)([O-])O)=C[C@H]2O)c(=O)n1. The first-order chi connectivity index (χ1) is 17.7. The van der Waals surface area contributed by atoms with Crippen molar-refractivity contribution in [3.05, 3.63) is 34.6 Å². The third-order valence-corrected chi connectivity index (χ3v) is 7.69. The molecule has 0 amide bonds. The molecular weight excluding hydrogens is 544 g/mol. The lowest BCUT2D eigenvalue weighted by atomic mass is 10.3. The van der Waals surface area contributed by atoms with E-state index in [0.29, 0.717) is 0 Å². The molecule has 0 radical (unpaired) electrons. The zero-order valence-electron chi connectivity index (χ0n) is 22.9. The second-order valence-corrected chi connectivity index (χ2v) is 10.8. The molecule has 2 rings (SSSR count). The Labute approximate surface area is 223 Å². The second-order valence-electron chi connectivity index (χ2n) is 8.07. The zero-order chi connectivity index (χ0) is 29.5. The smallest absolute Gasteiger partial charge is 0.352 e. The van der Waals surface area contributed by atoms with E-state index in [1.54, 1.807) is 9.80 Å². The Morgan fingerprint density at radius 3 is 1.89 bits per heavy atom. The maximum Gasteiger partial charge on any atom is 0.352 e. The highest BCUT2D eigenvalue weighted by Crippen LogP contribution is 2.52. The van der Waals surface area contributed by atoms with Crippen LogP contribution in [-0.2, 0) is 22.7 Å². The molecule has 1 aliphatic rings. The predicted molar refractivity (Wildman–Crippen MR) is 137 cm³/mol. The molecule has 6 N–H and O–H groups in total. The minimum Gasteiger partial charge on any atom is -0.756 e. The normalized spacial score (nSPS) is 19.8. The van der Waals surface area contributed by atoms with Crippen LogP contribution in [0.15, 0.2) is 28.9 Å². The summed E-state index contributed by atoms with van der Waals surface area (Å²) in [6.45, 7) is 20.1. The molecule has 0 aromatic carbocycles. The van der Waals surface area contributed by atoms with Crippen LogP contribution in [0, 0.1) is 0 Å². The van der Waals surface area contributed by atoms with Gasteiger partial charge < -0.3 is 44.6 Å². The second kappa shape index (κ2) is 17.9. The molecule has 0 saturated heterocycles. The molecule has 0 saturated carbocycles. The van der Waals surface area contributed by atoms with Crippen molar-refractivity contribution < 1.29 is 52.3 Å². The molecule has 38 heavy (non-hydrogen) atoms. The summed E-state index contributed by atoms with van der Waals surface area (Å²) < 4.78 is 35.1. The first-order valence-corrected chi connectivity index (χ1v) is 15.4. The van der Waals surface area contributed by atoms with E-state index in [4.69, 9.17) is 15.4 Å². The molecule has 1 aromatic rings. The summed E-state index contributed by atoms with van der Waals surface area (Å²) in [5.74, 6) is -0.273. The Balaban J connectivity index is 0.000000804. The van der Waals surface area contributed by atoms with Gasteiger partial charge in [-0.05, 0) is 53.7 Å². The van der Waals surface area contributed by atoms with E-state index in [0.717, 1.165) is 10.6 Å². The number of nitrogen functional groups attached to an aromatic ring is 1. The molecule has 2 unspecified atom stereocenters. The number of aliphatic hydroxyl groups is 1. The van der Waals surface area contributed by atoms with Gasteiger partial charge in [-0.3, -0.25) is 13.7 Å². The van der Waals surface area contributed by atoms with Gasteiger partial charge in [-0.25, -0.2) is 9.11 Å². The quantitative estimate of drug-likeness (QED) is 0.159. The summed E-state index contributed by atoms with van der Waals surface area (Å²) in [7, 11) is -10.9. The molecule has 0 bridgehead atoms. The minimum atomic E-state index is -5.56. The van der Waals surface area contributed by atoms with E-state index in [1.807, 2.05) is 0 Å². The molecule has 0 fully saturated rings. The highest BCUT2D eigenvalue weighted by atomic mass is 31.3. The van der Waals surface area contributed by atoms with Crippen LogP contribution in [0.25, 0.3) is 0 Å². The molecule has 0 aliphatic carbocycles. The number of quaternary nitrogens is 2. The van der Waals surface area contributed by atoms with E-state index in [-0.39, 0.29) is 11.6 Å². The third-order valence-electron chi connectivity index (χ3n) is 5.61. The van der Waals surface area contributed by atoms with Crippen LogP contribution < -0.4 is 31.0 Å². The Hall–Kier alpha value is -1.64. The average Bonchev–Trinajstić information content (AvgIpc) is 3.20. The monoisotopic (exact) mass is 587 g/mol. The summed E-state index contributed by atoms with van der Waals surface area (Å²) >= 11 is 0. The van der Waals surface area contributed by atoms with E-state index in [9.17, 15) is 28.8 Å². The fourth-order valence-electron chi connectivity index (χ4n) is 3.25. The number of anilines is 1. The molecular formula is C21H43N5O10P2. The van der Waals surface area contributed by atoms with E-state index >= 15 is 0 Å². The summed E-state index contributed by atoms with van der Waals surface area (Å²) in [6, 6.07) is 1.28. The summed E-state index contributed by atoms with van der Waals surface area (Å²) in [5.41, 5.74) is 4.51. The standard InChI is InChI=1S/C9H13N3O10P2.2C6H15N/c10-7-1-2-12(9(14)11-7)8-6(13)3-5(21-8)4-20-24(18,19)22-23(15,16)17;2*1-4-7(5-2)6-3/h1-3,6,8,13H,4H2,(H,18,19)(H2,10,11,14)(H2,15,16,17);2*4-6H2,1-3H3/t6-,8-;;/m1../s1. The number of aliphatic hydroxyl groups excluding tert-OH is 1. The van der Waals surface area contributed by atoms with Crippen molar-refractivity contribution in [1.29, 1.82) is 0 Å². The maximum atomic E-state index is 11.7. The molecule has 1 aromatic heterocycles. The van der Waals surface area contributed by atoms with E-state index < -0.39 is 40.3 Å². The van der Waals surface area contributed by atoms with Gasteiger partial charge in [0.1, 0.15) is 24.3 Å². The number of nitrogens with zero attached hydrogens (tertiary/aromatic N) is 2. The van der Waals surface area contributed by atoms with Gasteiger partial charge in [-0.1, -0.05) is 0 Å². The molecule has 222 valence electrons. The van der Waals surface area contributed by atoms with Crippen LogP contribution in [0.1, 0.15) is 47.8 Å². The third kappa shape index (κ3) is 14.5. The van der Waals surface area contributed by atoms with Crippen LogP contribution >= 0.6 is 15.6 Å². The largest absolute Gasteiger partial charge is 0.756 e. The van der Waals surface area contributed by atoms with Gasteiger partial charge in [0.05, 0.1) is 39.3 Å². The lowest BCUT2D eigenvalue weighted by Crippen LogP contribution is -3.11. The van der Waals surface area contributed by atoms with Crippen molar-refractivity contribution in [2.24, 2.45) is 0 Å². The lowest BCUT2D eigenvalue weighted by Gasteiger charge is -2.27. The Morgan fingerprint density at radius 1 is 1.05 bits per heavy atom. The van der Waals surface area contributed by atoms with Crippen LogP contribution in [0.5, 0.6) is 0 Å². The van der Waals surface area contributed by atoms with Gasteiger partial charge in [-0.2, -0.15) is 4.98 Å². The fourth-order valence-corrected chi connectivity index (χ4v) is 4.74. The first kappa shape index (κ1) is 36.4. The summed E-state index contributed by atoms with van der Waals surface area (Å²) in [6.07, 6.45) is -0.359. The lowest BCUT2D eigenvalue weighted by molar-refractivity contribution is -0.894. The number of ether oxygens (including phenoxy) is 1. The van der Waals surface area contributed by atoms with Gasteiger partial charge in [0, 0.05) is 6.20 Å². The van der Waals surface area contributed by atoms with Crippen molar-refractivity contribution in [3.8, 4) is 0 Å². The molecule has 0 spiro atoms. The molecule has 15 nitrogen and oxygen atoms in total. The van der Waals surface area contributed by atoms with Crippen LogP contribution in [0.2, 0.25) is 0 Å². The van der Waals surface area contributed by atoms with Gasteiger partial charge >= 0.3 is 5.69 Å². The topological polar surface area (TPSA) is 218 Å². The molecule has 17 heteroatoms. The number of aromatic nitrogens is 2. The van der Waals surface area contributed by atoms with Crippen molar-refractivity contribution in [1.82, 2.24) is 9.55 Å². The van der Waals surface area contributed by atoms with Crippen molar-refractivity contribution >= 4 is 21.5 Å². The minimum absolute atomic E-state index is 0.0456. The number of hydrogen-bond acceptors (Lipinski definition) is 11. The van der Waals surface area contributed by atoms with Crippen LogP contribution in [-0.4, -0.2) is 71.5 Å². The molecule has 2 heterocycles. The van der Waals surface area contributed by atoms with Crippen LogP contribution in [0.3, 0.4) is 0 Å². The van der Waals surface area contributed by atoms with Gasteiger partial charge in [0.15, 0.2) is 0 Å². The highest BCUT2D eigenvalue weighted by molar-refractivity contribution is 7.59. The number of nitrogens with one attached hydrogen (secondary N) is 2. The number of nitrogens with two attached hydrogens (primary N) is 1. The first-order valence-electron chi connectivity index (χ1n) is 12.4. The summed E-state index contributed by atoms with van der Waals surface area (Å²) in [4.78, 5) is 48.3. The Morgan fingerprint density at radius 2 is 1.53 bits per heavy atom. The van der Waals surface area contributed by atoms with Crippen molar-refractivity contribution in [2.75, 3.05) is 51.6 Å². The number of hydrogen-bond donors (Lipinski definition) is 5. The Bertz CT molecular complexity index is 972. The number of phosphoric acid groups is 2.